The van der Waals surface area contributed by atoms with E-state index in [1.165, 1.54) is 0 Å². The molecule has 78 valence electrons. The molecule has 0 spiro atoms. The minimum Gasteiger partial charge on any atom is -0.481 e. The highest BCUT2D eigenvalue weighted by Crippen LogP contribution is 2.04. The third-order valence-electron chi connectivity index (χ3n) is 1.73. The van der Waals surface area contributed by atoms with E-state index in [1.807, 2.05) is 0 Å². The van der Waals surface area contributed by atoms with Gasteiger partial charge in [-0.2, -0.15) is 0 Å². The van der Waals surface area contributed by atoms with Gasteiger partial charge >= 0.3 is 5.97 Å². The summed E-state index contributed by atoms with van der Waals surface area (Å²) in [6, 6.07) is 6.93. The van der Waals surface area contributed by atoms with Crippen LogP contribution in [0.2, 0.25) is 0 Å². The fourth-order valence-electron chi connectivity index (χ4n) is 1.07. The molecule has 3 nitrogen and oxygen atoms in total. The number of carboxylic acids is 1. The van der Waals surface area contributed by atoms with Crippen molar-refractivity contribution in [1.29, 1.82) is 0 Å². The summed E-state index contributed by atoms with van der Waals surface area (Å²) >= 11 is 0. The van der Waals surface area contributed by atoms with Crippen LogP contribution in [0.25, 0.3) is 0 Å². The lowest BCUT2D eigenvalue weighted by molar-refractivity contribution is -0.136. The van der Waals surface area contributed by atoms with Gasteiger partial charge in [-0.05, 0) is 24.6 Å². The van der Waals surface area contributed by atoms with Crippen LogP contribution in [0.15, 0.2) is 24.3 Å². The van der Waals surface area contributed by atoms with Crippen LogP contribution in [0.3, 0.4) is 0 Å². The SMILES string of the molecule is CC(O)C#Cc1ccc(CC(=O)O)cc1. The molecule has 0 heterocycles. The first-order chi connectivity index (χ1) is 7.08. The zero-order chi connectivity index (χ0) is 11.3. The number of carbonyl (C=O) groups is 1. The summed E-state index contributed by atoms with van der Waals surface area (Å²) < 4.78 is 0. The van der Waals surface area contributed by atoms with Crippen LogP contribution in [-0.4, -0.2) is 22.3 Å². The maximum absolute atomic E-state index is 10.4. The van der Waals surface area contributed by atoms with Crippen LogP contribution in [0.1, 0.15) is 18.1 Å². The fourth-order valence-corrected chi connectivity index (χ4v) is 1.07. The summed E-state index contributed by atoms with van der Waals surface area (Å²) in [7, 11) is 0. The molecule has 0 bridgehead atoms. The topological polar surface area (TPSA) is 57.5 Å². The van der Waals surface area contributed by atoms with Gasteiger partial charge in [-0.15, -0.1) is 0 Å². The van der Waals surface area contributed by atoms with Gasteiger partial charge in [0.05, 0.1) is 6.42 Å². The van der Waals surface area contributed by atoms with Gasteiger partial charge in [0.25, 0.3) is 0 Å². The first-order valence-electron chi connectivity index (χ1n) is 4.58. The molecule has 2 N–H and O–H groups in total. The number of hydrogen-bond acceptors (Lipinski definition) is 2. The Hall–Kier alpha value is -1.79. The Bertz CT molecular complexity index is 393. The third kappa shape index (κ3) is 4.30. The highest BCUT2D eigenvalue weighted by atomic mass is 16.4. The predicted octanol–water partition coefficient (Wildman–Crippen LogP) is 1.05. The first kappa shape index (κ1) is 11.3. The Balaban J connectivity index is 2.73. The molecule has 0 saturated carbocycles. The lowest BCUT2D eigenvalue weighted by Crippen LogP contribution is -1.99. The molecule has 0 radical (unpaired) electrons. The van der Waals surface area contributed by atoms with Gasteiger partial charge in [0.15, 0.2) is 0 Å². The van der Waals surface area contributed by atoms with Gasteiger partial charge in [-0.3, -0.25) is 4.79 Å². The van der Waals surface area contributed by atoms with Crippen LogP contribution in [0, 0.1) is 11.8 Å². The molecule has 0 aliphatic carbocycles. The molecule has 0 amide bonds. The molecule has 15 heavy (non-hydrogen) atoms. The molecule has 1 atom stereocenters. The summed E-state index contributed by atoms with van der Waals surface area (Å²) in [4.78, 5) is 10.4. The molecular formula is C12H12O3. The molecule has 0 aliphatic heterocycles. The van der Waals surface area contributed by atoms with Gasteiger partial charge < -0.3 is 10.2 Å². The van der Waals surface area contributed by atoms with Crippen molar-refractivity contribution in [2.45, 2.75) is 19.4 Å². The molecule has 0 saturated heterocycles. The van der Waals surface area contributed by atoms with Crippen LogP contribution in [0.4, 0.5) is 0 Å². The van der Waals surface area contributed by atoms with E-state index in [1.54, 1.807) is 31.2 Å². The number of carboxylic acid groups (broad SMARTS) is 1. The molecule has 3 heteroatoms. The van der Waals surface area contributed by atoms with Gasteiger partial charge in [0, 0.05) is 5.56 Å². The number of rotatable bonds is 2. The maximum atomic E-state index is 10.4. The second kappa shape index (κ2) is 5.18. The highest BCUT2D eigenvalue weighted by molar-refractivity contribution is 5.70. The van der Waals surface area contributed by atoms with Gasteiger partial charge in [-0.1, -0.05) is 24.0 Å². The molecule has 1 rings (SSSR count). The molecular weight excluding hydrogens is 192 g/mol. The summed E-state index contributed by atoms with van der Waals surface area (Å²) in [6.45, 7) is 1.59. The van der Waals surface area contributed by atoms with E-state index < -0.39 is 12.1 Å². The monoisotopic (exact) mass is 204 g/mol. The average molecular weight is 204 g/mol. The quantitative estimate of drug-likeness (QED) is 0.708. The van der Waals surface area contributed by atoms with Crippen LogP contribution < -0.4 is 0 Å². The molecule has 1 aromatic rings. The van der Waals surface area contributed by atoms with Crippen molar-refractivity contribution in [2.75, 3.05) is 0 Å². The van der Waals surface area contributed by atoms with Crippen molar-refractivity contribution in [2.24, 2.45) is 0 Å². The smallest absolute Gasteiger partial charge is 0.307 e. The van der Waals surface area contributed by atoms with E-state index in [0.717, 1.165) is 11.1 Å². The molecule has 0 aromatic heterocycles. The zero-order valence-electron chi connectivity index (χ0n) is 8.40. The van der Waals surface area contributed by atoms with Crippen molar-refractivity contribution < 1.29 is 15.0 Å². The van der Waals surface area contributed by atoms with Crippen molar-refractivity contribution in [1.82, 2.24) is 0 Å². The Morgan fingerprint density at radius 2 is 2.00 bits per heavy atom. The highest BCUT2D eigenvalue weighted by Gasteiger charge is 1.98. The Morgan fingerprint density at radius 1 is 1.40 bits per heavy atom. The summed E-state index contributed by atoms with van der Waals surface area (Å²) in [5.41, 5.74) is 1.51. The van der Waals surface area contributed by atoms with Crippen LogP contribution in [-0.2, 0) is 11.2 Å². The van der Waals surface area contributed by atoms with E-state index in [9.17, 15) is 4.79 Å². The largest absolute Gasteiger partial charge is 0.481 e. The standard InChI is InChI=1S/C12H12O3/c1-9(13)2-3-10-4-6-11(7-5-10)8-12(14)15/h4-7,9,13H,8H2,1H3,(H,14,15). The van der Waals surface area contributed by atoms with Gasteiger partial charge in [0.2, 0.25) is 0 Å². The van der Waals surface area contributed by atoms with Crippen molar-refractivity contribution >= 4 is 5.97 Å². The number of benzene rings is 1. The van der Waals surface area contributed by atoms with E-state index in [0.29, 0.717) is 0 Å². The summed E-state index contributed by atoms with van der Waals surface area (Å²) in [6.07, 6.45) is -0.631. The molecule has 1 unspecified atom stereocenters. The molecule has 0 aliphatic rings. The molecule has 0 fully saturated rings. The minimum atomic E-state index is -0.849. The number of aliphatic carboxylic acids is 1. The van der Waals surface area contributed by atoms with Gasteiger partial charge in [-0.25, -0.2) is 0 Å². The Kier molecular flexibility index (Phi) is 3.90. The Morgan fingerprint density at radius 3 is 2.47 bits per heavy atom. The fraction of sp³-hybridized carbons (Fsp3) is 0.250. The zero-order valence-corrected chi connectivity index (χ0v) is 8.40. The van der Waals surface area contributed by atoms with E-state index in [2.05, 4.69) is 11.8 Å². The first-order valence-corrected chi connectivity index (χ1v) is 4.58. The van der Waals surface area contributed by atoms with E-state index in [-0.39, 0.29) is 6.42 Å². The van der Waals surface area contributed by atoms with E-state index >= 15 is 0 Å². The predicted molar refractivity (Wildman–Crippen MR) is 56.3 cm³/mol. The lowest BCUT2D eigenvalue weighted by atomic mass is 10.1. The van der Waals surface area contributed by atoms with Crippen LogP contribution in [0.5, 0.6) is 0 Å². The minimum absolute atomic E-state index is 0.0180. The summed E-state index contributed by atoms with van der Waals surface area (Å²) in [5.74, 6) is 4.54. The number of aliphatic hydroxyl groups excluding tert-OH is 1. The maximum Gasteiger partial charge on any atom is 0.307 e. The Labute approximate surface area is 88.4 Å². The van der Waals surface area contributed by atoms with Crippen molar-refractivity contribution in [3.05, 3.63) is 35.4 Å². The van der Waals surface area contributed by atoms with E-state index in [4.69, 9.17) is 10.2 Å². The second-order valence-corrected chi connectivity index (χ2v) is 3.21. The van der Waals surface area contributed by atoms with Crippen molar-refractivity contribution in [3.63, 3.8) is 0 Å². The number of hydrogen-bond donors (Lipinski definition) is 2. The number of aliphatic hydroxyl groups is 1. The lowest BCUT2D eigenvalue weighted by Gasteiger charge is -1.96. The van der Waals surface area contributed by atoms with Crippen LogP contribution >= 0.6 is 0 Å². The molecule has 1 aromatic carbocycles. The summed E-state index contributed by atoms with van der Waals surface area (Å²) in [5, 5.41) is 17.5. The van der Waals surface area contributed by atoms with Gasteiger partial charge in [0.1, 0.15) is 6.10 Å². The average Bonchev–Trinajstić information content (AvgIpc) is 2.16. The second-order valence-electron chi connectivity index (χ2n) is 3.21. The third-order valence-corrected chi connectivity index (χ3v) is 1.73. The normalized spacial score (nSPS) is 11.3. The van der Waals surface area contributed by atoms with Crippen molar-refractivity contribution in [3.8, 4) is 11.8 Å².